The van der Waals surface area contributed by atoms with E-state index in [1.165, 1.54) is 11.1 Å². The maximum Gasteiger partial charge on any atom is 0.300 e. The van der Waals surface area contributed by atoms with E-state index in [1.54, 1.807) is 6.07 Å². The van der Waals surface area contributed by atoms with Crippen LogP contribution in [0.5, 0.6) is 11.5 Å². The Labute approximate surface area is 176 Å². The van der Waals surface area contributed by atoms with Crippen molar-refractivity contribution in [3.63, 3.8) is 0 Å². The molecule has 1 heterocycles. The number of fused-ring (bicyclic) bond motifs is 2. The standard InChI is InChI=1S/C19H21NO2.2C2H4O2/c1-2-9-20-10-8-12-4-3-5-14-17(12)15(20)11-13-6-7-16(21)19(22)18(13)14;2*1-2(3)4/h3-7,15,21-22H,2,8-11H2,1H3;2*1H3,(H,3,4). The quantitative estimate of drug-likeness (QED) is 0.551. The number of phenols is 2. The molecule has 1 aliphatic heterocycles. The lowest BCUT2D eigenvalue weighted by Gasteiger charge is -2.41. The minimum Gasteiger partial charge on any atom is -0.504 e. The SMILES string of the molecule is CC(=O)O.CC(=O)O.CCCN1CCc2cccc3c2C1Cc1ccc(O)c(O)c1-3. The Balaban J connectivity index is 0.000000347. The van der Waals surface area contributed by atoms with Gasteiger partial charge in [0.1, 0.15) is 0 Å². The first kappa shape index (κ1) is 23.2. The highest BCUT2D eigenvalue weighted by molar-refractivity contribution is 5.82. The van der Waals surface area contributed by atoms with E-state index in [4.69, 9.17) is 19.8 Å². The topological polar surface area (TPSA) is 118 Å². The summed E-state index contributed by atoms with van der Waals surface area (Å²) < 4.78 is 0. The van der Waals surface area contributed by atoms with Crippen LogP contribution in [0.3, 0.4) is 0 Å². The minimum absolute atomic E-state index is 0.0250. The highest BCUT2D eigenvalue weighted by Crippen LogP contribution is 2.50. The summed E-state index contributed by atoms with van der Waals surface area (Å²) in [5.74, 6) is -1.67. The number of rotatable bonds is 2. The molecule has 2 aromatic rings. The van der Waals surface area contributed by atoms with E-state index in [0.717, 1.165) is 62.9 Å². The summed E-state index contributed by atoms with van der Waals surface area (Å²) in [5.41, 5.74) is 5.80. The average molecular weight is 415 g/mol. The predicted molar refractivity (Wildman–Crippen MR) is 114 cm³/mol. The highest BCUT2D eigenvalue weighted by atomic mass is 16.4. The van der Waals surface area contributed by atoms with Gasteiger partial charge in [0.05, 0.1) is 0 Å². The van der Waals surface area contributed by atoms with Crippen molar-refractivity contribution in [3.8, 4) is 22.6 Å². The number of nitrogens with zero attached hydrogens (tertiary/aromatic N) is 1. The maximum absolute atomic E-state index is 10.4. The van der Waals surface area contributed by atoms with Gasteiger partial charge in [0.2, 0.25) is 0 Å². The molecule has 0 bridgehead atoms. The van der Waals surface area contributed by atoms with Gasteiger partial charge in [-0.15, -0.1) is 0 Å². The van der Waals surface area contributed by atoms with E-state index in [2.05, 4.69) is 30.0 Å². The number of aromatic hydroxyl groups is 2. The summed E-state index contributed by atoms with van der Waals surface area (Å²) in [5, 5.41) is 35.1. The van der Waals surface area contributed by atoms with Crippen LogP contribution in [0.4, 0.5) is 0 Å². The van der Waals surface area contributed by atoms with Gasteiger partial charge in [-0.3, -0.25) is 14.5 Å². The van der Waals surface area contributed by atoms with Crippen LogP contribution in [0.15, 0.2) is 30.3 Å². The Morgan fingerprint density at radius 2 is 1.67 bits per heavy atom. The van der Waals surface area contributed by atoms with Crippen molar-refractivity contribution in [2.45, 2.75) is 46.1 Å². The first-order chi connectivity index (χ1) is 14.2. The number of carbonyl (C=O) groups is 2. The van der Waals surface area contributed by atoms with Crippen LogP contribution in [0.2, 0.25) is 0 Å². The molecule has 2 aromatic carbocycles. The van der Waals surface area contributed by atoms with Crippen LogP contribution in [0, 0.1) is 0 Å². The molecule has 1 unspecified atom stereocenters. The van der Waals surface area contributed by atoms with E-state index in [-0.39, 0.29) is 11.5 Å². The number of aliphatic carboxylic acids is 2. The Morgan fingerprint density at radius 1 is 1.03 bits per heavy atom. The monoisotopic (exact) mass is 415 g/mol. The van der Waals surface area contributed by atoms with E-state index in [9.17, 15) is 10.2 Å². The largest absolute Gasteiger partial charge is 0.504 e. The van der Waals surface area contributed by atoms with Gasteiger partial charge in [-0.1, -0.05) is 31.2 Å². The van der Waals surface area contributed by atoms with Crippen LogP contribution < -0.4 is 0 Å². The van der Waals surface area contributed by atoms with Crippen molar-refractivity contribution in [3.05, 3.63) is 47.0 Å². The normalized spacial score (nSPS) is 16.0. The van der Waals surface area contributed by atoms with Crippen LogP contribution in [0.1, 0.15) is 49.9 Å². The number of hydrogen-bond donors (Lipinski definition) is 4. The van der Waals surface area contributed by atoms with Crippen LogP contribution in [0.25, 0.3) is 11.1 Å². The fourth-order valence-corrected chi connectivity index (χ4v) is 4.13. The van der Waals surface area contributed by atoms with E-state index < -0.39 is 11.9 Å². The zero-order valence-corrected chi connectivity index (χ0v) is 17.6. The molecule has 1 atom stereocenters. The van der Waals surface area contributed by atoms with Crippen molar-refractivity contribution in [2.24, 2.45) is 0 Å². The zero-order chi connectivity index (χ0) is 22.4. The first-order valence-corrected chi connectivity index (χ1v) is 9.96. The van der Waals surface area contributed by atoms with Crippen molar-refractivity contribution < 1.29 is 30.0 Å². The van der Waals surface area contributed by atoms with Crippen LogP contribution in [-0.4, -0.2) is 50.4 Å². The van der Waals surface area contributed by atoms with Crippen molar-refractivity contribution in [1.82, 2.24) is 4.90 Å². The predicted octanol–water partition coefficient (Wildman–Crippen LogP) is 3.81. The Kier molecular flexibility index (Phi) is 7.83. The molecule has 0 fully saturated rings. The molecule has 0 spiro atoms. The van der Waals surface area contributed by atoms with E-state index in [1.807, 2.05) is 6.07 Å². The molecule has 0 aromatic heterocycles. The lowest BCUT2D eigenvalue weighted by Crippen LogP contribution is -2.38. The third-order valence-corrected chi connectivity index (χ3v) is 5.08. The second kappa shape index (κ2) is 10.1. The van der Waals surface area contributed by atoms with Gasteiger partial charge in [0, 0.05) is 32.0 Å². The number of benzene rings is 2. The fourth-order valence-electron chi connectivity index (χ4n) is 4.13. The second-order valence-electron chi connectivity index (χ2n) is 7.39. The molecule has 162 valence electrons. The summed E-state index contributed by atoms with van der Waals surface area (Å²) >= 11 is 0. The number of hydrogen-bond acceptors (Lipinski definition) is 5. The summed E-state index contributed by atoms with van der Waals surface area (Å²) in [4.78, 5) is 20.6. The van der Waals surface area contributed by atoms with Gasteiger partial charge < -0.3 is 20.4 Å². The Bertz CT molecular complexity index is 904. The molecule has 2 aliphatic rings. The van der Waals surface area contributed by atoms with Crippen molar-refractivity contribution >= 4 is 11.9 Å². The smallest absolute Gasteiger partial charge is 0.300 e. The molecule has 1 aliphatic carbocycles. The van der Waals surface area contributed by atoms with E-state index >= 15 is 0 Å². The zero-order valence-electron chi connectivity index (χ0n) is 17.6. The molecule has 4 rings (SSSR count). The molecule has 0 amide bonds. The molecular weight excluding hydrogens is 386 g/mol. The Hall–Kier alpha value is -3.06. The molecule has 4 N–H and O–H groups in total. The fraction of sp³-hybridized carbons (Fsp3) is 0.391. The number of phenolic OH excluding ortho intramolecular Hbond substituents is 2. The molecule has 0 saturated carbocycles. The van der Waals surface area contributed by atoms with Crippen LogP contribution >= 0.6 is 0 Å². The van der Waals surface area contributed by atoms with Crippen molar-refractivity contribution in [2.75, 3.05) is 13.1 Å². The average Bonchev–Trinajstić information content (AvgIpc) is 2.66. The molecule has 7 heteroatoms. The van der Waals surface area contributed by atoms with Gasteiger partial charge in [-0.05, 0) is 54.1 Å². The number of carboxylic acid groups (broad SMARTS) is 2. The molecular formula is C23H29NO6. The minimum atomic E-state index is -0.833. The molecule has 0 saturated heterocycles. The van der Waals surface area contributed by atoms with Gasteiger partial charge >= 0.3 is 0 Å². The maximum atomic E-state index is 10.4. The van der Waals surface area contributed by atoms with Gasteiger partial charge in [-0.25, -0.2) is 0 Å². The third kappa shape index (κ3) is 5.30. The Morgan fingerprint density at radius 3 is 2.27 bits per heavy atom. The van der Waals surface area contributed by atoms with Gasteiger partial charge in [0.15, 0.2) is 11.5 Å². The van der Waals surface area contributed by atoms with Crippen molar-refractivity contribution in [1.29, 1.82) is 0 Å². The second-order valence-corrected chi connectivity index (χ2v) is 7.39. The van der Waals surface area contributed by atoms with Crippen LogP contribution in [-0.2, 0) is 22.4 Å². The summed E-state index contributed by atoms with van der Waals surface area (Å²) in [6.45, 7) is 6.61. The molecule has 0 radical (unpaired) electrons. The molecule has 7 nitrogen and oxygen atoms in total. The summed E-state index contributed by atoms with van der Waals surface area (Å²) in [6.07, 6.45) is 3.13. The van der Waals surface area contributed by atoms with E-state index in [0.29, 0.717) is 6.04 Å². The third-order valence-electron chi connectivity index (χ3n) is 5.08. The first-order valence-electron chi connectivity index (χ1n) is 9.96. The summed E-state index contributed by atoms with van der Waals surface area (Å²) in [7, 11) is 0. The highest BCUT2D eigenvalue weighted by Gasteiger charge is 2.35. The number of carboxylic acids is 2. The lowest BCUT2D eigenvalue weighted by molar-refractivity contribution is -0.135. The summed E-state index contributed by atoms with van der Waals surface area (Å²) in [6, 6.07) is 10.3. The van der Waals surface area contributed by atoms with Gasteiger partial charge in [-0.2, -0.15) is 0 Å². The lowest BCUT2D eigenvalue weighted by atomic mass is 9.76. The van der Waals surface area contributed by atoms with Gasteiger partial charge in [0.25, 0.3) is 11.9 Å². The molecule has 30 heavy (non-hydrogen) atoms.